The third kappa shape index (κ3) is 80.8. The molecule has 0 aromatic heterocycles. The van der Waals surface area contributed by atoms with Crippen LogP contribution in [-0.2, 0) is 32.7 Å². The quantitative estimate of drug-likeness (QED) is 0.0264. The van der Waals surface area contributed by atoms with E-state index in [1.807, 2.05) is 0 Å². The third-order valence-electron chi connectivity index (χ3n) is 17.2. The Kier molecular flexibility index (Phi) is 77.4. The first-order valence-corrected chi connectivity index (χ1v) is 41.8. The van der Waals surface area contributed by atoms with Crippen molar-refractivity contribution >= 4 is 19.8 Å². The second-order valence-electron chi connectivity index (χ2n) is 26.5. The van der Waals surface area contributed by atoms with E-state index in [1.54, 1.807) is 0 Å². The number of carbonyl (C=O) groups is 2. The Hall–Kier alpha value is -4.11. The smallest absolute Gasteiger partial charge is 0.462 e. The average Bonchev–Trinajstić information content (AvgIpc) is 2.69. The Morgan fingerprint density at radius 1 is 0.309 bits per heavy atom. The Morgan fingerprint density at radius 3 is 0.794 bits per heavy atom. The summed E-state index contributed by atoms with van der Waals surface area (Å²) >= 11 is 0. The van der Waals surface area contributed by atoms with Gasteiger partial charge in [0.15, 0.2) is 6.10 Å². The van der Waals surface area contributed by atoms with E-state index < -0.39 is 26.5 Å². The molecule has 9 nitrogen and oxygen atoms in total. The number of esters is 2. The molecule has 0 aliphatic carbocycles. The first kappa shape index (κ1) is 92.9. The lowest BCUT2D eigenvalue weighted by Gasteiger charge is -2.19. The van der Waals surface area contributed by atoms with Gasteiger partial charge >= 0.3 is 19.8 Å². The Morgan fingerprint density at radius 2 is 0.536 bits per heavy atom. The van der Waals surface area contributed by atoms with E-state index in [0.29, 0.717) is 6.42 Å². The molecule has 0 aliphatic heterocycles. The molecule has 0 aromatic carbocycles. The standard InChI is InChI=1S/C87H150NO8P/c1-3-5-7-9-11-13-15-17-19-21-23-25-27-29-31-33-35-37-39-40-41-42-43-44-46-47-49-51-53-55-57-59-61-63-65-67-69-71-73-75-77-79-86(89)93-83-85(84-95-97(91,92)94-82-81-88)96-87(90)80-78-76-74-72-70-68-66-64-62-60-58-56-54-52-50-48-45-38-36-34-32-30-28-26-24-22-20-18-16-14-12-10-8-6-4-2/h5-8,11-14,17-20,23-26,30,32,36,38,48,50,54,56,85H,3-4,9-10,15-16,21-22,27-29,31,33-35,37,39-47,49,51-53,55,57-84,88H2,1-2H3,(H,91,92)/b7-5-,8-6-,13-11-,14-12-,19-17-,20-18-,25-23-,26-24-,32-30-,38-36-,50-48-,56-54-. The highest BCUT2D eigenvalue weighted by Gasteiger charge is 2.26. The van der Waals surface area contributed by atoms with E-state index in [-0.39, 0.29) is 38.6 Å². The lowest BCUT2D eigenvalue weighted by Crippen LogP contribution is -2.29. The molecule has 0 spiro atoms. The van der Waals surface area contributed by atoms with Crippen LogP contribution in [0.25, 0.3) is 0 Å². The van der Waals surface area contributed by atoms with E-state index in [4.69, 9.17) is 24.3 Å². The lowest BCUT2D eigenvalue weighted by molar-refractivity contribution is -0.161. The molecule has 0 aliphatic rings. The summed E-state index contributed by atoms with van der Waals surface area (Å²) in [7, 11) is -4.41. The second-order valence-corrected chi connectivity index (χ2v) is 28.0. The van der Waals surface area contributed by atoms with E-state index in [9.17, 15) is 19.0 Å². The molecule has 3 N–H and O–H groups in total. The summed E-state index contributed by atoms with van der Waals surface area (Å²) in [4.78, 5) is 35.5. The van der Waals surface area contributed by atoms with Crippen LogP contribution < -0.4 is 5.73 Å². The topological polar surface area (TPSA) is 134 Å². The van der Waals surface area contributed by atoms with Crippen LogP contribution in [0.2, 0.25) is 0 Å². The molecular formula is C87H150NO8P. The fourth-order valence-electron chi connectivity index (χ4n) is 11.4. The number of hydrogen-bond donors (Lipinski definition) is 2. The van der Waals surface area contributed by atoms with Crippen LogP contribution in [0.3, 0.4) is 0 Å². The maximum atomic E-state index is 12.8. The summed E-state index contributed by atoms with van der Waals surface area (Å²) in [6.45, 7) is 3.54. The van der Waals surface area contributed by atoms with Gasteiger partial charge in [0.2, 0.25) is 0 Å². The summed E-state index contributed by atoms with van der Waals surface area (Å²) in [5, 5.41) is 0. The number of phosphoric ester groups is 1. The molecular weight excluding hydrogens is 1220 g/mol. The predicted molar refractivity (Wildman–Crippen MR) is 422 cm³/mol. The van der Waals surface area contributed by atoms with Gasteiger partial charge < -0.3 is 20.1 Å². The highest BCUT2D eigenvalue weighted by atomic mass is 31.2. The monoisotopic (exact) mass is 1370 g/mol. The van der Waals surface area contributed by atoms with Crippen molar-refractivity contribution in [3.8, 4) is 0 Å². The summed E-state index contributed by atoms with van der Waals surface area (Å²) < 4.78 is 33.3. The largest absolute Gasteiger partial charge is 0.472 e. The molecule has 556 valence electrons. The summed E-state index contributed by atoms with van der Waals surface area (Å²) in [5.41, 5.74) is 5.42. The number of rotatable bonds is 75. The number of phosphoric acid groups is 1. The maximum Gasteiger partial charge on any atom is 0.472 e. The zero-order chi connectivity index (χ0) is 70.0. The van der Waals surface area contributed by atoms with Gasteiger partial charge in [0.25, 0.3) is 0 Å². The Labute approximate surface area is 598 Å². The molecule has 0 radical (unpaired) electrons. The van der Waals surface area contributed by atoms with E-state index in [2.05, 4.69) is 160 Å². The number of ether oxygens (including phenoxy) is 2. The van der Waals surface area contributed by atoms with E-state index in [0.717, 1.165) is 122 Å². The van der Waals surface area contributed by atoms with Crippen molar-refractivity contribution < 1.29 is 37.6 Å². The fourth-order valence-corrected chi connectivity index (χ4v) is 12.1. The normalized spacial score (nSPS) is 13.6. The van der Waals surface area contributed by atoms with Crippen LogP contribution in [0.5, 0.6) is 0 Å². The zero-order valence-corrected chi connectivity index (χ0v) is 63.7. The van der Waals surface area contributed by atoms with Crippen LogP contribution in [0.1, 0.15) is 361 Å². The van der Waals surface area contributed by atoms with E-state index >= 15 is 0 Å². The number of carbonyl (C=O) groups excluding carboxylic acids is 2. The molecule has 0 bridgehead atoms. The molecule has 0 aromatic rings. The van der Waals surface area contributed by atoms with Gasteiger partial charge in [-0.3, -0.25) is 18.6 Å². The number of allylic oxidation sites excluding steroid dienone is 24. The van der Waals surface area contributed by atoms with Gasteiger partial charge in [0.05, 0.1) is 13.2 Å². The number of unbranched alkanes of at least 4 members (excludes halogenated alkanes) is 38. The molecule has 2 unspecified atom stereocenters. The van der Waals surface area contributed by atoms with Gasteiger partial charge in [0, 0.05) is 19.4 Å². The van der Waals surface area contributed by atoms with Gasteiger partial charge in [-0.05, 0) is 116 Å². The second kappa shape index (κ2) is 80.9. The minimum atomic E-state index is -4.41. The summed E-state index contributed by atoms with van der Waals surface area (Å²) in [5.74, 6) is -0.824. The Balaban J connectivity index is 3.81. The van der Waals surface area contributed by atoms with Crippen LogP contribution in [-0.4, -0.2) is 49.3 Å². The van der Waals surface area contributed by atoms with Crippen LogP contribution >= 0.6 is 7.82 Å². The summed E-state index contributed by atoms with van der Waals surface area (Å²) in [6, 6.07) is 0. The predicted octanol–water partition coefficient (Wildman–Crippen LogP) is 27.3. The molecule has 0 heterocycles. The Bertz CT molecular complexity index is 2110. The van der Waals surface area contributed by atoms with Crippen molar-refractivity contribution in [2.45, 2.75) is 367 Å². The van der Waals surface area contributed by atoms with Gasteiger partial charge in [-0.25, -0.2) is 4.57 Å². The van der Waals surface area contributed by atoms with Crippen molar-refractivity contribution in [2.75, 3.05) is 26.4 Å². The van der Waals surface area contributed by atoms with Crippen molar-refractivity contribution in [3.05, 3.63) is 146 Å². The van der Waals surface area contributed by atoms with Crippen molar-refractivity contribution in [1.82, 2.24) is 0 Å². The minimum Gasteiger partial charge on any atom is -0.462 e. The molecule has 0 fully saturated rings. The molecule has 97 heavy (non-hydrogen) atoms. The van der Waals surface area contributed by atoms with Gasteiger partial charge in [-0.1, -0.05) is 378 Å². The first-order chi connectivity index (χ1) is 47.8. The molecule has 0 rings (SSSR count). The number of nitrogens with two attached hydrogens (primary N) is 1. The molecule has 0 saturated heterocycles. The van der Waals surface area contributed by atoms with Gasteiger partial charge in [0.1, 0.15) is 6.61 Å². The average molecular weight is 1370 g/mol. The van der Waals surface area contributed by atoms with Crippen molar-refractivity contribution in [3.63, 3.8) is 0 Å². The van der Waals surface area contributed by atoms with Gasteiger partial charge in [-0.15, -0.1) is 0 Å². The maximum absolute atomic E-state index is 12.8. The minimum absolute atomic E-state index is 0.0487. The highest BCUT2D eigenvalue weighted by Crippen LogP contribution is 2.43. The third-order valence-corrected chi connectivity index (χ3v) is 18.2. The molecule has 0 amide bonds. The van der Waals surface area contributed by atoms with Gasteiger partial charge in [-0.2, -0.15) is 0 Å². The summed E-state index contributed by atoms with van der Waals surface area (Å²) in [6.07, 6.45) is 117. The first-order valence-electron chi connectivity index (χ1n) is 40.3. The molecule has 0 saturated carbocycles. The fraction of sp³-hybridized carbons (Fsp3) is 0.701. The number of hydrogen-bond acceptors (Lipinski definition) is 8. The molecule has 2 atom stereocenters. The SMILES string of the molecule is CC/C=C\C/C=C\C/C=C\C/C=C\C/C=C\C/C=C\C/C=C\C/C=C\CCCCCCCCCCCCC(=O)OC(COC(=O)CCCCCCCCCCCCCCCCCCCCCCCCCCCCCC/C=C\C/C=C\C/C=C\C/C=C\CC)COP(=O)(O)OCCN. The van der Waals surface area contributed by atoms with Crippen LogP contribution in [0.15, 0.2) is 146 Å². The van der Waals surface area contributed by atoms with Crippen molar-refractivity contribution in [1.29, 1.82) is 0 Å². The van der Waals surface area contributed by atoms with Crippen LogP contribution in [0, 0.1) is 0 Å². The highest BCUT2D eigenvalue weighted by molar-refractivity contribution is 7.47. The van der Waals surface area contributed by atoms with Crippen molar-refractivity contribution in [2.24, 2.45) is 5.73 Å². The lowest BCUT2D eigenvalue weighted by atomic mass is 10.0. The molecule has 10 heteroatoms. The van der Waals surface area contributed by atoms with E-state index in [1.165, 1.54) is 205 Å². The zero-order valence-electron chi connectivity index (χ0n) is 62.8. The van der Waals surface area contributed by atoms with Crippen LogP contribution in [0.4, 0.5) is 0 Å².